The first-order valence-electron chi connectivity index (χ1n) is 41.3. The van der Waals surface area contributed by atoms with Crippen LogP contribution in [0.1, 0.15) is 123 Å². The van der Waals surface area contributed by atoms with Gasteiger partial charge in [-0.05, 0) is 116 Å². The molecule has 634 valence electrons. The molecule has 32 nitrogen and oxygen atoms in total. The lowest BCUT2D eigenvalue weighted by molar-refractivity contribution is -0.189. The fraction of sp³-hybridized carbons (Fsp3) is 0.924. The van der Waals surface area contributed by atoms with Crippen molar-refractivity contribution in [3.63, 3.8) is 0 Å². The Balaban J connectivity index is 0.710. The van der Waals surface area contributed by atoms with E-state index in [1.54, 1.807) is 0 Å². The Hall–Kier alpha value is -3.98. The Labute approximate surface area is 652 Å². The van der Waals surface area contributed by atoms with Crippen molar-refractivity contribution in [2.75, 3.05) is 225 Å². The molecule has 0 N–H and O–H groups in total. The summed E-state index contributed by atoms with van der Waals surface area (Å²) in [6, 6.07) is 0. The van der Waals surface area contributed by atoms with E-state index < -0.39 is 10.8 Å². The van der Waals surface area contributed by atoms with E-state index in [2.05, 4.69) is 0 Å². The lowest BCUT2D eigenvalue weighted by Gasteiger charge is -2.44. The molecule has 0 amide bonds. The number of carbonyl (C=O) groups excluding carboxylic acids is 6. The summed E-state index contributed by atoms with van der Waals surface area (Å²) in [7, 11) is 0. The summed E-state index contributed by atoms with van der Waals surface area (Å²) in [5, 5.41) is 0. The fourth-order valence-electron chi connectivity index (χ4n) is 15.7. The lowest BCUT2D eigenvalue weighted by Crippen LogP contribution is -2.47. The molecule has 32 heteroatoms. The third-order valence-corrected chi connectivity index (χ3v) is 22.5. The normalized spacial score (nSPS) is 30.3. The van der Waals surface area contributed by atoms with E-state index >= 15 is 0 Å². The highest BCUT2D eigenvalue weighted by molar-refractivity contribution is 5.75. The number of carbonyl (C=O) groups is 6. The zero-order valence-electron chi connectivity index (χ0n) is 65.5. The van der Waals surface area contributed by atoms with Gasteiger partial charge in [-0.15, -0.1) is 0 Å². The summed E-state index contributed by atoms with van der Waals surface area (Å²) >= 11 is 0. The molecular formula is C79H126O32. The first-order chi connectivity index (χ1) is 54.2. The van der Waals surface area contributed by atoms with Crippen LogP contribution in [0.25, 0.3) is 0 Å². The second-order valence-corrected chi connectivity index (χ2v) is 31.7. The van der Waals surface area contributed by atoms with Crippen LogP contribution < -0.4 is 0 Å². The number of ether oxygens (including phenoxy) is 26. The minimum Gasteiger partial charge on any atom is -0.463 e. The molecule has 4 bridgehead atoms. The largest absolute Gasteiger partial charge is 0.463 e. The molecular weight excluding hydrogens is 1460 g/mol. The van der Waals surface area contributed by atoms with E-state index in [0.717, 1.165) is 57.8 Å². The third-order valence-electron chi connectivity index (χ3n) is 22.5. The van der Waals surface area contributed by atoms with Gasteiger partial charge in [-0.1, -0.05) is 6.92 Å². The summed E-state index contributed by atoms with van der Waals surface area (Å²) in [5.74, 6) is -2.60. The predicted molar refractivity (Wildman–Crippen MR) is 385 cm³/mol. The molecule has 8 heterocycles. The van der Waals surface area contributed by atoms with Gasteiger partial charge in [0.15, 0.2) is 0 Å². The molecule has 13 fully saturated rings. The summed E-state index contributed by atoms with van der Waals surface area (Å²) in [5.41, 5.74) is -2.03. The van der Waals surface area contributed by atoms with E-state index in [4.69, 9.17) is 123 Å². The first kappa shape index (κ1) is 87.8. The first-order valence-corrected chi connectivity index (χ1v) is 41.3. The van der Waals surface area contributed by atoms with Gasteiger partial charge >= 0.3 is 35.8 Å². The van der Waals surface area contributed by atoms with Gasteiger partial charge in [0, 0.05) is 0 Å². The second kappa shape index (κ2) is 47.4. The Morgan fingerprint density at radius 2 is 0.523 bits per heavy atom. The van der Waals surface area contributed by atoms with Crippen molar-refractivity contribution in [2.45, 2.75) is 196 Å². The van der Waals surface area contributed by atoms with Crippen molar-refractivity contribution in [3.05, 3.63) is 0 Å². The molecule has 0 radical (unpaired) electrons. The highest BCUT2D eigenvalue weighted by atomic mass is 16.6. The molecule has 8 saturated heterocycles. The van der Waals surface area contributed by atoms with Crippen molar-refractivity contribution >= 4 is 35.8 Å². The molecule has 0 aromatic heterocycles. The Bertz CT molecular complexity index is 2640. The van der Waals surface area contributed by atoms with Crippen LogP contribution in [0.4, 0.5) is 0 Å². The van der Waals surface area contributed by atoms with Gasteiger partial charge in [0.2, 0.25) is 0 Å². The summed E-state index contributed by atoms with van der Waals surface area (Å²) in [6.45, 7) is 8.33. The maximum atomic E-state index is 12.9. The van der Waals surface area contributed by atoms with E-state index in [9.17, 15) is 28.8 Å². The van der Waals surface area contributed by atoms with Crippen molar-refractivity contribution < 1.29 is 152 Å². The van der Waals surface area contributed by atoms with Crippen LogP contribution in [0.2, 0.25) is 0 Å². The van der Waals surface area contributed by atoms with Crippen molar-refractivity contribution in [2.24, 2.45) is 46.3 Å². The zero-order valence-corrected chi connectivity index (χ0v) is 65.5. The molecule has 0 aromatic carbocycles. The Morgan fingerprint density at radius 3 is 0.793 bits per heavy atom. The number of epoxide rings is 4. The second-order valence-electron chi connectivity index (χ2n) is 31.7. The van der Waals surface area contributed by atoms with Gasteiger partial charge in [0.25, 0.3) is 0 Å². The molecule has 18 unspecified atom stereocenters. The fourth-order valence-corrected chi connectivity index (χ4v) is 15.7. The van der Waals surface area contributed by atoms with Crippen LogP contribution >= 0.6 is 0 Å². The maximum Gasteiger partial charge on any atom is 0.309 e. The number of esters is 6. The van der Waals surface area contributed by atoms with E-state index in [0.29, 0.717) is 57.5 Å². The van der Waals surface area contributed by atoms with Crippen molar-refractivity contribution in [1.29, 1.82) is 0 Å². The molecule has 5 aliphatic carbocycles. The molecule has 18 atom stereocenters. The zero-order chi connectivity index (χ0) is 77.3. The van der Waals surface area contributed by atoms with E-state index in [-0.39, 0.29) is 363 Å². The summed E-state index contributed by atoms with van der Waals surface area (Å²) in [6.07, 6.45) is 15.3. The molecule has 0 aromatic rings. The average molecular weight is 1590 g/mol. The van der Waals surface area contributed by atoms with Crippen molar-refractivity contribution in [3.8, 4) is 0 Å². The van der Waals surface area contributed by atoms with Crippen LogP contribution in [-0.2, 0) is 152 Å². The summed E-state index contributed by atoms with van der Waals surface area (Å²) in [4.78, 5) is 77.0. The minimum absolute atomic E-state index is 0.000892. The standard InChI is InChI=1S/C79H126O32/c1-54(3-7-65-55(2)106-65)72(80)100-31-25-88-14-20-94-49-79(50-96-22-16-90-28-34-103-75(83)58-6-10-68-71(43-58)111-68,51-98-24-18-92-30-36-105-77(85)60-39-63-45-64(40-60)108-63)53-99-52-78(47-95-21-15-89-27-33-102-74(82)57-5-9-67-70(42-57)110-67,48-97-23-17-91-29-35-104-76(84)59-37-61-44-62(38-59)107-61)46-93-19-13-86-11-12-87-26-32-101-73(81)56-4-8-66-69(41-56)109-66/h54-71H,3-53H2,1-2H3. The third kappa shape index (κ3) is 31.4. The molecule has 5 saturated carbocycles. The van der Waals surface area contributed by atoms with Crippen molar-refractivity contribution in [1.82, 2.24) is 0 Å². The number of fused-ring (bicyclic) bond motifs is 7. The highest BCUT2D eigenvalue weighted by Gasteiger charge is 2.50. The minimum atomic E-state index is -1.02. The molecule has 13 aliphatic rings. The Morgan fingerprint density at radius 1 is 0.279 bits per heavy atom. The van der Waals surface area contributed by atoms with E-state index in [1.165, 1.54) is 0 Å². The van der Waals surface area contributed by atoms with E-state index in [1.807, 2.05) is 13.8 Å². The SMILES string of the molecule is CC(CCC1OC1C)C(=O)OCCOCCOCC(COCCOCCOC(=O)C1CC2CC(C1)O2)(COCCOCCOC(=O)C1CCC2OC2C1)COCC(COCCOCCOCCOC(=O)C1CCC2OC2C1)(COCCOCCOC(=O)C1CC2CC(C1)O2)COCCOCCOC(=O)C1CCC2OC2C1. The molecule has 0 spiro atoms. The topological polar surface area (TPSA) is 356 Å². The van der Waals surface area contributed by atoms with Gasteiger partial charge in [-0.2, -0.15) is 0 Å². The van der Waals surface area contributed by atoms with Crippen LogP contribution in [0, 0.1) is 46.3 Å². The van der Waals surface area contributed by atoms with Crippen LogP contribution in [0.15, 0.2) is 0 Å². The van der Waals surface area contributed by atoms with Gasteiger partial charge in [0.05, 0.1) is 305 Å². The Kier molecular flexibility index (Phi) is 37.5. The average Bonchev–Trinajstić information content (AvgIpc) is 1.80. The van der Waals surface area contributed by atoms with Gasteiger partial charge in [-0.25, -0.2) is 0 Å². The van der Waals surface area contributed by atoms with Crippen LogP contribution in [0.3, 0.4) is 0 Å². The van der Waals surface area contributed by atoms with Crippen LogP contribution in [-0.4, -0.2) is 334 Å². The van der Waals surface area contributed by atoms with Crippen LogP contribution in [0.5, 0.6) is 0 Å². The molecule has 13 rings (SSSR count). The number of hydrogen-bond donors (Lipinski definition) is 0. The smallest absolute Gasteiger partial charge is 0.309 e. The summed E-state index contributed by atoms with van der Waals surface area (Å²) < 4.78 is 154. The van der Waals surface area contributed by atoms with Gasteiger partial charge in [-0.3, -0.25) is 28.8 Å². The molecule has 8 aliphatic heterocycles. The highest BCUT2D eigenvalue weighted by Crippen LogP contribution is 2.43. The van der Waals surface area contributed by atoms with Gasteiger partial charge in [0.1, 0.15) is 39.6 Å². The lowest BCUT2D eigenvalue weighted by atomic mass is 9.81. The predicted octanol–water partition coefficient (Wildman–Crippen LogP) is 4.49. The van der Waals surface area contributed by atoms with Gasteiger partial charge < -0.3 is 123 Å². The number of hydrogen-bond acceptors (Lipinski definition) is 32. The monoisotopic (exact) mass is 1590 g/mol. The quantitative estimate of drug-likeness (QED) is 0.0350. The number of rotatable bonds is 64. The molecule has 111 heavy (non-hydrogen) atoms. The maximum absolute atomic E-state index is 12.9.